The van der Waals surface area contributed by atoms with Crippen LogP contribution in [-0.2, 0) is 4.79 Å². The molecule has 0 unspecified atom stereocenters. The average molecular weight is 387 g/mol. The fraction of sp³-hybridized carbons (Fsp3) is 0.619. The average Bonchev–Trinajstić information content (AvgIpc) is 2.68. The van der Waals surface area contributed by atoms with E-state index in [1.807, 2.05) is 30.0 Å². The molecule has 27 heavy (non-hydrogen) atoms. The molecule has 4 atom stereocenters. The number of hydrogen-bond donors (Lipinski definition) is 1. The van der Waals surface area contributed by atoms with E-state index >= 15 is 0 Å². The summed E-state index contributed by atoms with van der Waals surface area (Å²) in [5, 5.41) is 3.19. The van der Waals surface area contributed by atoms with E-state index in [1.165, 1.54) is 0 Å². The normalized spacial score (nSPS) is 37.5. The molecule has 1 saturated heterocycles. The van der Waals surface area contributed by atoms with Crippen LogP contribution in [0.2, 0.25) is 0 Å². The molecule has 2 aliphatic heterocycles. The van der Waals surface area contributed by atoms with Gasteiger partial charge in [0.05, 0.1) is 5.56 Å². The topological polar surface area (TPSA) is 58.6 Å². The summed E-state index contributed by atoms with van der Waals surface area (Å²) in [6, 6.07) is 7.46. The van der Waals surface area contributed by atoms with Gasteiger partial charge in [0.1, 0.15) is 5.75 Å². The number of amides is 2. The van der Waals surface area contributed by atoms with Crippen LogP contribution in [0.25, 0.3) is 0 Å². The molecular formula is C21H26N2O3S. The number of thioether (sulfide) groups is 1. The highest BCUT2D eigenvalue weighted by molar-refractivity contribution is 7.99. The van der Waals surface area contributed by atoms with E-state index in [0.29, 0.717) is 23.6 Å². The van der Waals surface area contributed by atoms with E-state index in [1.54, 1.807) is 6.07 Å². The zero-order chi connectivity index (χ0) is 18.6. The molecule has 0 radical (unpaired) electrons. The smallest absolute Gasteiger partial charge is 0.258 e. The molecule has 5 aliphatic rings. The summed E-state index contributed by atoms with van der Waals surface area (Å²) in [4.78, 5) is 28.1. The number of fused-ring (bicyclic) bond motifs is 3. The molecule has 6 heteroatoms. The first-order chi connectivity index (χ1) is 13.0. The van der Waals surface area contributed by atoms with Gasteiger partial charge in [-0.05, 0) is 36.8 Å². The van der Waals surface area contributed by atoms with E-state index in [0.717, 1.165) is 43.9 Å². The summed E-state index contributed by atoms with van der Waals surface area (Å²) in [6.07, 6.45) is 3.54. The van der Waals surface area contributed by atoms with Gasteiger partial charge < -0.3 is 15.0 Å². The predicted octanol–water partition coefficient (Wildman–Crippen LogP) is 2.91. The van der Waals surface area contributed by atoms with Gasteiger partial charge in [-0.1, -0.05) is 19.1 Å². The minimum absolute atomic E-state index is 0.0441. The van der Waals surface area contributed by atoms with Gasteiger partial charge in [-0.3, -0.25) is 9.59 Å². The lowest BCUT2D eigenvalue weighted by Crippen LogP contribution is -2.69. The molecule has 2 heterocycles. The SMILES string of the molecule is C[C@@]12CC[C@H](C[C@@H]1C(=O)N1CCSCC1)[C@@]1(C2)NC(=O)c2ccccc2O1. The van der Waals surface area contributed by atoms with Crippen molar-refractivity contribution in [2.75, 3.05) is 24.6 Å². The molecule has 1 spiro atoms. The molecule has 5 nitrogen and oxygen atoms in total. The first-order valence-corrected chi connectivity index (χ1v) is 11.1. The highest BCUT2D eigenvalue weighted by Gasteiger charge is 2.62. The van der Waals surface area contributed by atoms with Crippen molar-refractivity contribution >= 4 is 23.6 Å². The Hall–Kier alpha value is -1.69. The lowest BCUT2D eigenvalue weighted by atomic mass is 9.52. The van der Waals surface area contributed by atoms with Crippen molar-refractivity contribution in [3.63, 3.8) is 0 Å². The second-order valence-electron chi connectivity index (χ2n) is 8.73. The molecule has 4 fully saturated rings. The largest absolute Gasteiger partial charge is 0.467 e. The summed E-state index contributed by atoms with van der Waals surface area (Å²) < 4.78 is 6.44. The molecule has 3 aliphatic carbocycles. The van der Waals surface area contributed by atoms with Crippen LogP contribution in [0.1, 0.15) is 43.0 Å². The van der Waals surface area contributed by atoms with Crippen LogP contribution < -0.4 is 10.1 Å². The maximum absolute atomic E-state index is 13.3. The fourth-order valence-electron chi connectivity index (χ4n) is 5.64. The van der Waals surface area contributed by atoms with E-state index in [-0.39, 0.29) is 23.2 Å². The van der Waals surface area contributed by atoms with Crippen molar-refractivity contribution < 1.29 is 14.3 Å². The summed E-state index contributed by atoms with van der Waals surface area (Å²) in [6.45, 7) is 3.96. The number of ether oxygens (including phenoxy) is 1. The van der Waals surface area contributed by atoms with Gasteiger partial charge in [0.15, 0.2) is 5.72 Å². The fourth-order valence-corrected chi connectivity index (χ4v) is 6.54. The van der Waals surface area contributed by atoms with Gasteiger partial charge in [-0.15, -0.1) is 0 Å². The number of carbonyl (C=O) groups is 2. The first kappa shape index (κ1) is 17.4. The Bertz CT molecular complexity index is 793. The number of para-hydroxylation sites is 1. The van der Waals surface area contributed by atoms with Crippen LogP contribution >= 0.6 is 11.8 Å². The van der Waals surface area contributed by atoms with Gasteiger partial charge in [-0.25, -0.2) is 0 Å². The lowest BCUT2D eigenvalue weighted by molar-refractivity contribution is -0.174. The van der Waals surface area contributed by atoms with Gasteiger partial charge >= 0.3 is 0 Å². The highest BCUT2D eigenvalue weighted by Crippen LogP contribution is 2.59. The molecule has 0 aromatic heterocycles. The maximum atomic E-state index is 13.3. The maximum Gasteiger partial charge on any atom is 0.258 e. The predicted molar refractivity (Wildman–Crippen MR) is 105 cm³/mol. The first-order valence-electron chi connectivity index (χ1n) is 9.98. The number of benzene rings is 1. The summed E-state index contributed by atoms with van der Waals surface area (Å²) in [5.41, 5.74) is -0.184. The number of carbonyl (C=O) groups excluding carboxylic acids is 2. The van der Waals surface area contributed by atoms with Crippen molar-refractivity contribution in [2.45, 2.75) is 38.3 Å². The van der Waals surface area contributed by atoms with E-state index < -0.39 is 5.72 Å². The summed E-state index contributed by atoms with van der Waals surface area (Å²) in [7, 11) is 0. The van der Waals surface area contributed by atoms with Crippen LogP contribution in [0.15, 0.2) is 24.3 Å². The summed E-state index contributed by atoms with van der Waals surface area (Å²) >= 11 is 1.93. The second-order valence-corrected chi connectivity index (χ2v) is 9.96. The van der Waals surface area contributed by atoms with E-state index in [2.05, 4.69) is 17.1 Å². The molecule has 2 bridgehead atoms. The Morgan fingerprint density at radius 2 is 2.07 bits per heavy atom. The van der Waals surface area contributed by atoms with Gasteiger partial charge in [0, 0.05) is 42.9 Å². The van der Waals surface area contributed by atoms with Gasteiger partial charge in [0.25, 0.3) is 5.91 Å². The van der Waals surface area contributed by atoms with Crippen molar-refractivity contribution in [3.8, 4) is 5.75 Å². The molecular weight excluding hydrogens is 360 g/mol. The Balaban J connectivity index is 1.43. The van der Waals surface area contributed by atoms with Crippen molar-refractivity contribution in [3.05, 3.63) is 29.8 Å². The molecule has 1 aromatic rings. The Morgan fingerprint density at radius 1 is 1.30 bits per heavy atom. The number of hydrogen-bond acceptors (Lipinski definition) is 4. The van der Waals surface area contributed by atoms with Crippen LogP contribution in [0.4, 0.5) is 0 Å². The van der Waals surface area contributed by atoms with E-state index in [4.69, 9.17) is 4.74 Å². The highest BCUT2D eigenvalue weighted by atomic mass is 32.2. The Labute approximate surface area is 164 Å². The zero-order valence-electron chi connectivity index (χ0n) is 15.7. The van der Waals surface area contributed by atoms with Crippen LogP contribution in [-0.4, -0.2) is 47.0 Å². The lowest BCUT2D eigenvalue weighted by Gasteiger charge is -2.60. The third-order valence-electron chi connectivity index (χ3n) is 7.12. The standard InChI is InChI=1S/C21H26N2O3S/c1-20-7-6-14(12-16(20)19(25)23-8-10-27-11-9-23)21(13-20)22-18(24)15-4-2-3-5-17(15)26-21/h2-5,14,16H,6-13H2,1H3,(H,22,24)/t14-,16-,20+,21+/m1/s1. The molecule has 6 rings (SSSR count). The second kappa shape index (κ2) is 6.16. The molecule has 1 N–H and O–H groups in total. The molecule has 144 valence electrons. The van der Waals surface area contributed by atoms with Crippen LogP contribution in [0, 0.1) is 17.3 Å². The van der Waals surface area contributed by atoms with Crippen LogP contribution in [0.3, 0.4) is 0 Å². The molecule has 2 amide bonds. The van der Waals surface area contributed by atoms with Crippen molar-refractivity contribution in [1.82, 2.24) is 10.2 Å². The Morgan fingerprint density at radius 3 is 2.85 bits per heavy atom. The third-order valence-corrected chi connectivity index (χ3v) is 8.06. The number of rotatable bonds is 1. The van der Waals surface area contributed by atoms with E-state index in [9.17, 15) is 9.59 Å². The number of nitrogens with zero attached hydrogens (tertiary/aromatic N) is 1. The number of nitrogens with one attached hydrogen (secondary N) is 1. The minimum atomic E-state index is -0.660. The van der Waals surface area contributed by atoms with Gasteiger partial charge in [0.2, 0.25) is 5.91 Å². The van der Waals surface area contributed by atoms with Crippen molar-refractivity contribution in [2.24, 2.45) is 17.3 Å². The van der Waals surface area contributed by atoms with Gasteiger partial charge in [-0.2, -0.15) is 11.8 Å². The Kier molecular flexibility index (Phi) is 3.97. The molecule has 1 aromatic carbocycles. The zero-order valence-corrected chi connectivity index (χ0v) is 16.5. The minimum Gasteiger partial charge on any atom is -0.467 e. The quantitative estimate of drug-likeness (QED) is 0.806. The summed E-state index contributed by atoms with van der Waals surface area (Å²) in [5.74, 6) is 3.25. The van der Waals surface area contributed by atoms with Crippen LogP contribution in [0.5, 0.6) is 5.75 Å². The monoisotopic (exact) mass is 386 g/mol. The molecule has 3 saturated carbocycles. The third kappa shape index (κ3) is 2.67. The van der Waals surface area contributed by atoms with Crippen molar-refractivity contribution in [1.29, 1.82) is 0 Å².